The minimum atomic E-state index is -0.144. The Morgan fingerprint density at radius 1 is 1.24 bits per heavy atom. The molecule has 6 nitrogen and oxygen atoms in total. The van der Waals surface area contributed by atoms with Crippen LogP contribution < -0.4 is 10.5 Å². The predicted octanol–water partition coefficient (Wildman–Crippen LogP) is 3.84. The van der Waals surface area contributed by atoms with Gasteiger partial charge in [0, 0.05) is 38.0 Å². The van der Waals surface area contributed by atoms with Crippen molar-refractivity contribution < 1.29 is 9.53 Å². The number of thioether (sulfide) groups is 1. The molecule has 3 aromatic rings. The van der Waals surface area contributed by atoms with Crippen LogP contribution in [-0.2, 0) is 16.1 Å². The zero-order valence-corrected chi connectivity index (χ0v) is 17.9. The van der Waals surface area contributed by atoms with Gasteiger partial charge in [0.2, 0.25) is 5.91 Å². The maximum atomic E-state index is 13.0. The van der Waals surface area contributed by atoms with E-state index < -0.39 is 0 Å². The lowest BCUT2D eigenvalue weighted by Gasteiger charge is -2.18. The average Bonchev–Trinajstić information content (AvgIpc) is 2.73. The molecule has 0 aliphatic heterocycles. The Morgan fingerprint density at radius 3 is 2.72 bits per heavy atom. The average molecular weight is 432 g/mol. The van der Waals surface area contributed by atoms with Crippen LogP contribution >= 0.6 is 23.4 Å². The molecule has 0 atom stereocenters. The number of aromatic nitrogens is 2. The summed E-state index contributed by atoms with van der Waals surface area (Å²) in [6, 6.07) is 14.4. The van der Waals surface area contributed by atoms with E-state index in [0.29, 0.717) is 40.7 Å². The van der Waals surface area contributed by atoms with E-state index in [0.717, 1.165) is 5.69 Å². The van der Waals surface area contributed by atoms with Crippen molar-refractivity contribution in [3.63, 3.8) is 0 Å². The van der Waals surface area contributed by atoms with Crippen LogP contribution in [-0.4, -0.2) is 42.0 Å². The molecule has 0 saturated carbocycles. The van der Waals surface area contributed by atoms with Crippen molar-refractivity contribution in [1.82, 2.24) is 9.55 Å². The number of anilines is 1. The third-order valence-electron chi connectivity index (χ3n) is 4.45. The van der Waals surface area contributed by atoms with E-state index >= 15 is 0 Å². The highest BCUT2D eigenvalue weighted by Gasteiger charge is 2.16. The number of nitrogens with zero attached hydrogens (tertiary/aromatic N) is 3. The molecular formula is C21H22ClN3O3S. The number of carbonyl (C=O) groups excluding carboxylic acids is 1. The molecule has 1 aromatic heterocycles. The van der Waals surface area contributed by atoms with Crippen LogP contribution in [0.5, 0.6) is 0 Å². The highest BCUT2D eigenvalue weighted by atomic mass is 35.5. The first-order chi connectivity index (χ1) is 14.0. The summed E-state index contributed by atoms with van der Waals surface area (Å²) < 4.78 is 6.71. The quantitative estimate of drug-likeness (QED) is 0.308. The van der Waals surface area contributed by atoms with Crippen LogP contribution in [0, 0.1) is 0 Å². The SMILES string of the molecule is COCCCn1c(SCC(=O)N(C)c2ccccc2)nc2cc(Cl)ccc2c1=O. The number of amides is 1. The summed E-state index contributed by atoms with van der Waals surface area (Å²) in [6.07, 6.45) is 0.669. The second-order valence-electron chi connectivity index (χ2n) is 6.44. The number of halogens is 1. The van der Waals surface area contributed by atoms with Gasteiger partial charge < -0.3 is 9.64 Å². The minimum Gasteiger partial charge on any atom is -0.385 e. The summed E-state index contributed by atoms with van der Waals surface area (Å²) in [5, 5.41) is 1.51. The fourth-order valence-corrected chi connectivity index (χ4v) is 3.97. The van der Waals surface area contributed by atoms with Gasteiger partial charge in [-0.1, -0.05) is 41.6 Å². The lowest BCUT2D eigenvalue weighted by molar-refractivity contribution is -0.115. The molecule has 3 rings (SSSR count). The third-order valence-corrected chi connectivity index (χ3v) is 5.65. The fourth-order valence-electron chi connectivity index (χ4n) is 2.87. The number of hydrogen-bond donors (Lipinski definition) is 0. The second kappa shape index (κ2) is 9.91. The van der Waals surface area contributed by atoms with Gasteiger partial charge in [0.05, 0.1) is 16.7 Å². The number of para-hydroxylation sites is 1. The third kappa shape index (κ3) is 5.18. The summed E-state index contributed by atoms with van der Waals surface area (Å²) in [4.78, 5) is 31.8. The van der Waals surface area contributed by atoms with Crippen LogP contribution in [0.2, 0.25) is 5.02 Å². The molecule has 0 bridgehead atoms. The smallest absolute Gasteiger partial charge is 0.262 e. The number of rotatable bonds is 8. The molecule has 0 aliphatic carbocycles. The molecule has 8 heteroatoms. The molecule has 0 N–H and O–H groups in total. The molecular weight excluding hydrogens is 410 g/mol. The number of fused-ring (bicyclic) bond motifs is 1. The van der Waals surface area contributed by atoms with Crippen molar-refractivity contribution >= 4 is 45.9 Å². The van der Waals surface area contributed by atoms with Gasteiger partial charge in [-0.3, -0.25) is 14.2 Å². The molecule has 0 fully saturated rings. The first kappa shape index (κ1) is 21.4. The Labute approximate surface area is 178 Å². The van der Waals surface area contributed by atoms with Gasteiger partial charge in [0.1, 0.15) is 0 Å². The van der Waals surface area contributed by atoms with E-state index in [9.17, 15) is 9.59 Å². The zero-order chi connectivity index (χ0) is 20.8. The van der Waals surface area contributed by atoms with Gasteiger partial charge in [0.25, 0.3) is 5.56 Å². The molecule has 1 heterocycles. The Morgan fingerprint density at radius 2 is 2.00 bits per heavy atom. The summed E-state index contributed by atoms with van der Waals surface area (Å²) in [6.45, 7) is 0.994. The van der Waals surface area contributed by atoms with Crippen molar-refractivity contribution in [1.29, 1.82) is 0 Å². The molecule has 1 amide bonds. The Balaban J connectivity index is 1.87. The van der Waals surface area contributed by atoms with E-state index in [1.807, 2.05) is 30.3 Å². The van der Waals surface area contributed by atoms with Gasteiger partial charge in [0.15, 0.2) is 5.16 Å². The predicted molar refractivity (Wildman–Crippen MR) is 118 cm³/mol. The Kier molecular flexibility index (Phi) is 7.30. The van der Waals surface area contributed by atoms with Crippen LogP contribution in [0.4, 0.5) is 5.69 Å². The van der Waals surface area contributed by atoms with Gasteiger partial charge in [-0.25, -0.2) is 4.98 Å². The van der Waals surface area contributed by atoms with Gasteiger partial charge >= 0.3 is 0 Å². The van der Waals surface area contributed by atoms with Crippen molar-refractivity contribution in [3.8, 4) is 0 Å². The molecule has 0 saturated heterocycles. The summed E-state index contributed by atoms with van der Waals surface area (Å²) >= 11 is 7.32. The maximum Gasteiger partial charge on any atom is 0.262 e. The van der Waals surface area contributed by atoms with E-state index in [4.69, 9.17) is 16.3 Å². The van der Waals surface area contributed by atoms with E-state index in [1.165, 1.54) is 11.8 Å². The Hall–Kier alpha value is -2.35. The highest BCUT2D eigenvalue weighted by molar-refractivity contribution is 7.99. The molecule has 2 aromatic carbocycles. The Bertz CT molecular complexity index is 1060. The van der Waals surface area contributed by atoms with E-state index in [-0.39, 0.29) is 17.2 Å². The zero-order valence-electron chi connectivity index (χ0n) is 16.3. The monoisotopic (exact) mass is 431 g/mol. The van der Waals surface area contributed by atoms with Gasteiger partial charge in [-0.2, -0.15) is 0 Å². The summed E-state index contributed by atoms with van der Waals surface area (Å²) in [5.41, 5.74) is 1.19. The fraction of sp³-hybridized carbons (Fsp3) is 0.286. The molecule has 0 unspecified atom stereocenters. The summed E-state index contributed by atoms with van der Waals surface area (Å²) in [5.74, 6) is 0.0823. The van der Waals surface area contributed by atoms with Crippen LogP contribution in [0.25, 0.3) is 10.9 Å². The van der Waals surface area contributed by atoms with Crippen LogP contribution in [0.15, 0.2) is 58.5 Å². The van der Waals surface area contributed by atoms with Crippen molar-refractivity contribution in [2.45, 2.75) is 18.1 Å². The number of hydrogen-bond acceptors (Lipinski definition) is 5. The normalized spacial score (nSPS) is 11.0. The standard InChI is InChI=1S/C21H22ClN3O3S/c1-24(16-7-4-3-5-8-16)19(26)14-29-21-23-18-13-15(22)9-10-17(18)20(27)25(21)11-6-12-28-2/h3-5,7-10,13H,6,11-12,14H2,1-2H3. The number of methoxy groups -OCH3 is 1. The van der Waals surface area contributed by atoms with Gasteiger partial charge in [-0.05, 0) is 36.8 Å². The van der Waals surface area contributed by atoms with Crippen LogP contribution in [0.1, 0.15) is 6.42 Å². The van der Waals surface area contributed by atoms with Crippen LogP contribution in [0.3, 0.4) is 0 Å². The number of carbonyl (C=O) groups is 1. The largest absolute Gasteiger partial charge is 0.385 e. The lowest BCUT2D eigenvalue weighted by Crippen LogP contribution is -2.29. The topological polar surface area (TPSA) is 64.4 Å². The number of ether oxygens (including phenoxy) is 1. The van der Waals surface area contributed by atoms with E-state index in [2.05, 4.69) is 4.98 Å². The maximum absolute atomic E-state index is 13.0. The van der Waals surface area contributed by atoms with E-state index in [1.54, 1.807) is 41.8 Å². The first-order valence-electron chi connectivity index (χ1n) is 9.14. The van der Waals surface area contributed by atoms with Gasteiger partial charge in [-0.15, -0.1) is 0 Å². The molecule has 152 valence electrons. The number of benzene rings is 2. The van der Waals surface area contributed by atoms with Crippen molar-refractivity contribution in [3.05, 3.63) is 63.9 Å². The molecule has 0 spiro atoms. The van der Waals surface area contributed by atoms with Crippen molar-refractivity contribution in [2.24, 2.45) is 0 Å². The first-order valence-corrected chi connectivity index (χ1v) is 10.5. The molecule has 0 radical (unpaired) electrons. The highest BCUT2D eigenvalue weighted by Crippen LogP contribution is 2.22. The lowest BCUT2D eigenvalue weighted by atomic mass is 10.2. The summed E-state index contributed by atoms with van der Waals surface area (Å²) in [7, 11) is 3.36. The molecule has 0 aliphatic rings. The second-order valence-corrected chi connectivity index (χ2v) is 7.81. The molecule has 29 heavy (non-hydrogen) atoms. The van der Waals surface area contributed by atoms with Crippen molar-refractivity contribution in [2.75, 3.05) is 31.4 Å². The minimum absolute atomic E-state index is 0.0786.